The predicted octanol–water partition coefficient (Wildman–Crippen LogP) is 10.3. The maximum atomic E-state index is 4.94. The van der Waals surface area contributed by atoms with Crippen molar-refractivity contribution in [2.24, 2.45) is 0 Å². The zero-order valence-electron chi connectivity index (χ0n) is 23.6. The van der Waals surface area contributed by atoms with E-state index in [9.17, 15) is 0 Å². The molecule has 0 atom stereocenters. The molecule has 0 amide bonds. The summed E-state index contributed by atoms with van der Waals surface area (Å²) in [6, 6.07) is 50.9. The van der Waals surface area contributed by atoms with Crippen LogP contribution in [-0.2, 0) is 0 Å². The lowest BCUT2D eigenvalue weighted by Crippen LogP contribution is -1.99. The van der Waals surface area contributed by atoms with E-state index in [-0.39, 0.29) is 0 Å². The van der Waals surface area contributed by atoms with Crippen molar-refractivity contribution in [3.63, 3.8) is 0 Å². The molecule has 0 N–H and O–H groups in total. The van der Waals surface area contributed by atoms with E-state index in [4.69, 9.17) is 15.0 Å². The van der Waals surface area contributed by atoms with E-state index in [0.717, 1.165) is 16.7 Å². The first kappa shape index (κ1) is 24.9. The maximum absolute atomic E-state index is 4.94. The van der Waals surface area contributed by atoms with E-state index in [0.29, 0.717) is 17.5 Å². The summed E-state index contributed by atoms with van der Waals surface area (Å²) in [5, 5.41) is 5.03. The van der Waals surface area contributed by atoms with Crippen LogP contribution in [0.4, 0.5) is 0 Å². The fraction of sp³-hybridized carbons (Fsp3) is 0. The highest BCUT2D eigenvalue weighted by Crippen LogP contribution is 2.39. The molecule has 44 heavy (non-hydrogen) atoms. The lowest BCUT2D eigenvalue weighted by atomic mass is 10.1. The number of hydrogen-bond donors (Lipinski definition) is 0. The number of hydrogen-bond acceptors (Lipinski definition) is 4. The van der Waals surface area contributed by atoms with Gasteiger partial charge in [-0.25, -0.2) is 15.0 Å². The molecule has 206 valence electrons. The second kappa shape index (κ2) is 9.97. The Morgan fingerprint density at radius 2 is 0.864 bits per heavy atom. The highest BCUT2D eigenvalue weighted by molar-refractivity contribution is 7.25. The average Bonchev–Trinajstić information content (AvgIpc) is 3.63. The first-order valence-corrected chi connectivity index (χ1v) is 15.4. The number of rotatable bonds is 4. The number of fused-ring (bicyclic) bond motifs is 6. The molecule has 0 spiro atoms. The summed E-state index contributed by atoms with van der Waals surface area (Å²) in [7, 11) is 0. The molecule has 9 aromatic rings. The summed E-state index contributed by atoms with van der Waals surface area (Å²) in [4.78, 5) is 14.7. The largest absolute Gasteiger partial charge is 0.309 e. The molecule has 0 saturated heterocycles. The van der Waals surface area contributed by atoms with E-state index < -0.39 is 0 Å². The molecular formula is C39H24N4S. The van der Waals surface area contributed by atoms with Gasteiger partial charge in [0.15, 0.2) is 17.5 Å². The lowest BCUT2D eigenvalue weighted by Gasteiger charge is -2.08. The first-order chi connectivity index (χ1) is 21.8. The van der Waals surface area contributed by atoms with Gasteiger partial charge in [-0.3, -0.25) is 0 Å². The van der Waals surface area contributed by atoms with E-state index in [1.54, 1.807) is 0 Å². The number of nitrogens with zero attached hydrogens (tertiary/aromatic N) is 4. The summed E-state index contributed by atoms with van der Waals surface area (Å²) in [6.45, 7) is 0. The number of thiophene rings is 1. The molecule has 5 heteroatoms. The summed E-state index contributed by atoms with van der Waals surface area (Å²) in [6.07, 6.45) is 0. The van der Waals surface area contributed by atoms with Crippen molar-refractivity contribution in [3.05, 3.63) is 146 Å². The zero-order chi connectivity index (χ0) is 29.0. The van der Waals surface area contributed by atoms with Crippen molar-refractivity contribution in [2.75, 3.05) is 0 Å². The summed E-state index contributed by atoms with van der Waals surface area (Å²) in [5.41, 5.74) is 6.51. The summed E-state index contributed by atoms with van der Waals surface area (Å²) in [5.74, 6) is 2.01. The molecule has 3 aromatic heterocycles. The fourth-order valence-corrected chi connectivity index (χ4v) is 7.36. The molecule has 0 bridgehead atoms. The Morgan fingerprint density at radius 3 is 1.45 bits per heavy atom. The molecule has 0 saturated carbocycles. The van der Waals surface area contributed by atoms with Gasteiger partial charge in [0.05, 0.1) is 11.0 Å². The van der Waals surface area contributed by atoms with Crippen LogP contribution in [0.5, 0.6) is 0 Å². The molecule has 3 heterocycles. The maximum Gasteiger partial charge on any atom is 0.164 e. The Labute approximate surface area is 257 Å². The third-order valence-electron chi connectivity index (χ3n) is 8.25. The van der Waals surface area contributed by atoms with Crippen molar-refractivity contribution < 1.29 is 0 Å². The SMILES string of the molecule is c1ccc(-c2nc(-c3ccccc3)nc(-c3ccc4c(c3)sc3cc(-n5c6ccccc6c6ccccc65)ccc34)n2)cc1. The van der Waals surface area contributed by atoms with E-state index in [1.807, 2.05) is 72.0 Å². The minimum absolute atomic E-state index is 0.668. The number of aromatic nitrogens is 4. The van der Waals surface area contributed by atoms with Gasteiger partial charge in [-0.1, -0.05) is 115 Å². The third-order valence-corrected chi connectivity index (χ3v) is 9.37. The topological polar surface area (TPSA) is 43.6 Å². The number of benzene rings is 6. The minimum atomic E-state index is 0.668. The van der Waals surface area contributed by atoms with Crippen molar-refractivity contribution in [1.82, 2.24) is 19.5 Å². The van der Waals surface area contributed by atoms with Crippen LogP contribution in [0, 0.1) is 0 Å². The van der Waals surface area contributed by atoms with Crippen molar-refractivity contribution in [2.45, 2.75) is 0 Å². The Balaban J connectivity index is 1.19. The second-order valence-corrected chi connectivity index (χ2v) is 12.0. The zero-order valence-corrected chi connectivity index (χ0v) is 24.4. The molecule has 0 fully saturated rings. The Kier molecular flexibility index (Phi) is 5.64. The van der Waals surface area contributed by atoms with Crippen LogP contribution in [0.1, 0.15) is 0 Å². The molecule has 0 unspecified atom stereocenters. The van der Waals surface area contributed by atoms with Gasteiger partial charge in [-0.15, -0.1) is 11.3 Å². The Bertz CT molecular complexity index is 2380. The monoisotopic (exact) mass is 580 g/mol. The smallest absolute Gasteiger partial charge is 0.164 e. The second-order valence-electron chi connectivity index (χ2n) is 10.9. The Morgan fingerprint density at radius 1 is 0.386 bits per heavy atom. The fourth-order valence-electron chi connectivity index (χ4n) is 6.18. The molecule has 4 nitrogen and oxygen atoms in total. The van der Waals surface area contributed by atoms with Gasteiger partial charge in [0, 0.05) is 53.3 Å². The predicted molar refractivity (Wildman–Crippen MR) is 183 cm³/mol. The minimum Gasteiger partial charge on any atom is -0.309 e. The van der Waals surface area contributed by atoms with Crippen LogP contribution < -0.4 is 0 Å². The highest BCUT2D eigenvalue weighted by atomic mass is 32.1. The first-order valence-electron chi connectivity index (χ1n) is 14.6. The van der Waals surface area contributed by atoms with Gasteiger partial charge in [0.2, 0.25) is 0 Å². The lowest BCUT2D eigenvalue weighted by molar-refractivity contribution is 1.07. The third kappa shape index (κ3) is 4.02. The quantitative estimate of drug-likeness (QED) is 0.208. The molecule has 0 aliphatic rings. The van der Waals surface area contributed by atoms with E-state index >= 15 is 0 Å². The van der Waals surface area contributed by atoms with Crippen LogP contribution in [-0.4, -0.2) is 19.5 Å². The summed E-state index contributed by atoms with van der Waals surface area (Å²) >= 11 is 1.81. The van der Waals surface area contributed by atoms with Crippen LogP contribution in [0.25, 0.3) is 81.8 Å². The highest BCUT2D eigenvalue weighted by Gasteiger charge is 2.16. The Hall–Kier alpha value is -5.65. The normalized spacial score (nSPS) is 11.6. The number of para-hydroxylation sites is 2. The van der Waals surface area contributed by atoms with Crippen LogP contribution in [0.2, 0.25) is 0 Å². The van der Waals surface area contributed by atoms with Crippen molar-refractivity contribution in [3.8, 4) is 39.9 Å². The molecule has 6 aromatic carbocycles. The van der Waals surface area contributed by atoms with Crippen molar-refractivity contribution >= 4 is 53.3 Å². The van der Waals surface area contributed by atoms with Crippen LogP contribution in [0.3, 0.4) is 0 Å². The standard InChI is InChI=1S/C39H24N4S/c1-3-11-25(12-4-1)37-40-38(26-13-5-2-6-14-26)42-39(41-37)27-19-21-31-32-22-20-28(24-36(32)44-35(31)23-27)43-33-17-9-7-15-29(33)30-16-8-10-18-34(30)43/h1-24H. The van der Waals surface area contributed by atoms with Gasteiger partial charge < -0.3 is 4.57 Å². The molecule has 0 radical (unpaired) electrons. The van der Waals surface area contributed by atoms with Crippen LogP contribution >= 0.6 is 11.3 Å². The van der Waals surface area contributed by atoms with E-state index in [2.05, 4.69) is 89.5 Å². The van der Waals surface area contributed by atoms with Gasteiger partial charge in [0.1, 0.15) is 0 Å². The van der Waals surface area contributed by atoms with Gasteiger partial charge >= 0.3 is 0 Å². The molecule has 0 aliphatic heterocycles. The average molecular weight is 581 g/mol. The van der Waals surface area contributed by atoms with Crippen molar-refractivity contribution in [1.29, 1.82) is 0 Å². The molecule has 9 rings (SSSR count). The van der Waals surface area contributed by atoms with Gasteiger partial charge in [-0.2, -0.15) is 0 Å². The van der Waals surface area contributed by atoms with Gasteiger partial charge in [-0.05, 0) is 30.3 Å². The summed E-state index contributed by atoms with van der Waals surface area (Å²) < 4.78 is 4.84. The molecular weight excluding hydrogens is 557 g/mol. The van der Waals surface area contributed by atoms with E-state index in [1.165, 1.54) is 47.7 Å². The van der Waals surface area contributed by atoms with Crippen LogP contribution in [0.15, 0.2) is 146 Å². The molecule has 0 aliphatic carbocycles. The van der Waals surface area contributed by atoms with Gasteiger partial charge in [0.25, 0.3) is 0 Å².